The van der Waals surface area contributed by atoms with Crippen LogP contribution in [0, 0.1) is 5.82 Å². The molecule has 0 unspecified atom stereocenters. The minimum absolute atomic E-state index is 0.225. The van der Waals surface area contributed by atoms with Crippen LogP contribution in [0.3, 0.4) is 0 Å². The van der Waals surface area contributed by atoms with Gasteiger partial charge in [0.1, 0.15) is 11.4 Å². The van der Waals surface area contributed by atoms with Crippen LogP contribution >= 0.6 is 0 Å². The topological polar surface area (TPSA) is 75.7 Å². The minimum Gasteiger partial charge on any atom is -0.465 e. The Labute approximate surface area is 144 Å². The van der Waals surface area contributed by atoms with Crippen molar-refractivity contribution in [1.82, 2.24) is 9.64 Å². The minimum atomic E-state index is -4.70. The number of halogens is 4. The van der Waals surface area contributed by atoms with Gasteiger partial charge in [0.2, 0.25) is 0 Å². The van der Waals surface area contributed by atoms with Crippen molar-refractivity contribution in [2.24, 2.45) is 0 Å². The van der Waals surface area contributed by atoms with Crippen LogP contribution in [-0.4, -0.2) is 33.9 Å². The van der Waals surface area contributed by atoms with E-state index in [-0.39, 0.29) is 24.8 Å². The van der Waals surface area contributed by atoms with Gasteiger partial charge in [0.25, 0.3) is 5.56 Å². The first kappa shape index (κ1) is 18.0. The highest BCUT2D eigenvalue weighted by atomic mass is 19.4. The quantitative estimate of drug-likeness (QED) is 0.817. The molecule has 3 rings (SSSR count). The van der Waals surface area contributed by atoms with E-state index in [9.17, 15) is 27.2 Å². The van der Waals surface area contributed by atoms with Gasteiger partial charge in [-0.15, -0.1) is 4.74 Å². The van der Waals surface area contributed by atoms with Crippen LogP contribution in [0.2, 0.25) is 0 Å². The second-order valence-electron chi connectivity index (χ2n) is 5.98. The van der Waals surface area contributed by atoms with Crippen molar-refractivity contribution < 1.29 is 32.0 Å². The SMILES string of the molecule is O=C(O)N1CCC(c2cc(=O)n(-c3ccc(C(F)(F)F)cc3F)o2)CC1. The molecular weight excluding hydrogens is 360 g/mol. The largest absolute Gasteiger partial charge is 0.465 e. The second kappa shape index (κ2) is 6.50. The number of aromatic nitrogens is 1. The van der Waals surface area contributed by atoms with E-state index in [2.05, 4.69) is 0 Å². The summed E-state index contributed by atoms with van der Waals surface area (Å²) < 4.78 is 57.8. The first-order valence-corrected chi connectivity index (χ1v) is 7.75. The molecular formula is C16H14F4N2O4. The van der Waals surface area contributed by atoms with Crippen LogP contribution in [0.5, 0.6) is 0 Å². The van der Waals surface area contributed by atoms with Crippen molar-refractivity contribution in [3.63, 3.8) is 0 Å². The van der Waals surface area contributed by atoms with Gasteiger partial charge in [-0.2, -0.15) is 13.2 Å². The lowest BCUT2D eigenvalue weighted by atomic mass is 9.95. The van der Waals surface area contributed by atoms with E-state index in [4.69, 9.17) is 9.63 Å². The van der Waals surface area contributed by atoms with Gasteiger partial charge in [-0.05, 0) is 31.0 Å². The second-order valence-corrected chi connectivity index (χ2v) is 5.98. The highest BCUT2D eigenvalue weighted by molar-refractivity contribution is 5.65. The smallest absolute Gasteiger partial charge is 0.416 e. The van der Waals surface area contributed by atoms with E-state index in [1.54, 1.807) is 0 Å². The monoisotopic (exact) mass is 374 g/mol. The van der Waals surface area contributed by atoms with E-state index >= 15 is 0 Å². The number of carboxylic acid groups (broad SMARTS) is 1. The molecule has 0 spiro atoms. The van der Waals surface area contributed by atoms with Gasteiger partial charge in [-0.3, -0.25) is 4.79 Å². The number of hydrogen-bond donors (Lipinski definition) is 1. The summed E-state index contributed by atoms with van der Waals surface area (Å²) in [5.74, 6) is -1.21. The average molecular weight is 374 g/mol. The summed E-state index contributed by atoms with van der Waals surface area (Å²) in [5.41, 5.74) is -2.30. The standard InChI is InChI=1S/C16H14F4N2O4/c17-11-7-10(16(18,19)20)1-2-12(11)22-14(23)8-13(26-22)9-3-5-21(6-4-9)15(24)25/h1-2,7-9H,3-6H2,(H,24,25). The Morgan fingerprint density at radius 3 is 2.38 bits per heavy atom. The van der Waals surface area contributed by atoms with Gasteiger partial charge in [-0.25, -0.2) is 9.18 Å². The fraction of sp³-hybridized carbons (Fsp3) is 0.375. The van der Waals surface area contributed by atoms with Gasteiger partial charge in [0, 0.05) is 25.1 Å². The third kappa shape index (κ3) is 3.44. The van der Waals surface area contributed by atoms with Gasteiger partial charge in [0.05, 0.1) is 5.56 Å². The molecule has 0 saturated carbocycles. The maximum absolute atomic E-state index is 14.0. The molecule has 1 aromatic heterocycles. The molecule has 1 saturated heterocycles. The third-order valence-corrected chi connectivity index (χ3v) is 4.32. The van der Waals surface area contributed by atoms with Gasteiger partial charge in [0.15, 0.2) is 5.82 Å². The first-order chi connectivity index (χ1) is 12.2. The number of carbonyl (C=O) groups is 1. The molecule has 1 aliphatic rings. The molecule has 1 fully saturated rings. The lowest BCUT2D eigenvalue weighted by Gasteiger charge is -2.28. The molecule has 1 amide bonds. The maximum atomic E-state index is 14.0. The number of benzene rings is 1. The number of alkyl halides is 3. The zero-order valence-electron chi connectivity index (χ0n) is 13.3. The summed E-state index contributed by atoms with van der Waals surface area (Å²) in [7, 11) is 0. The lowest BCUT2D eigenvalue weighted by Crippen LogP contribution is -2.36. The average Bonchev–Trinajstić information content (AvgIpc) is 2.95. The van der Waals surface area contributed by atoms with E-state index in [1.165, 1.54) is 4.90 Å². The van der Waals surface area contributed by atoms with Crippen LogP contribution < -0.4 is 5.56 Å². The van der Waals surface area contributed by atoms with Crippen LogP contribution in [0.4, 0.5) is 22.4 Å². The van der Waals surface area contributed by atoms with Gasteiger partial charge in [-0.1, -0.05) is 0 Å². The van der Waals surface area contributed by atoms with Crippen molar-refractivity contribution in [2.45, 2.75) is 24.9 Å². The van der Waals surface area contributed by atoms with E-state index in [0.29, 0.717) is 29.7 Å². The van der Waals surface area contributed by atoms with Crippen LogP contribution in [0.1, 0.15) is 30.1 Å². The molecule has 0 atom stereocenters. The molecule has 0 aliphatic carbocycles. The van der Waals surface area contributed by atoms with E-state index < -0.39 is 34.9 Å². The van der Waals surface area contributed by atoms with Crippen LogP contribution in [-0.2, 0) is 6.18 Å². The summed E-state index contributed by atoms with van der Waals surface area (Å²) in [6.07, 6.45) is -4.88. The van der Waals surface area contributed by atoms with Crippen LogP contribution in [0.25, 0.3) is 5.69 Å². The molecule has 0 bridgehead atoms. The Balaban J connectivity index is 1.85. The summed E-state index contributed by atoms with van der Waals surface area (Å²) in [6.45, 7) is 0.535. The predicted octanol–water partition coefficient (Wildman–Crippen LogP) is 3.45. The molecule has 1 aliphatic heterocycles. The van der Waals surface area contributed by atoms with E-state index in [0.717, 1.165) is 12.1 Å². The first-order valence-electron chi connectivity index (χ1n) is 7.75. The van der Waals surface area contributed by atoms with Crippen LogP contribution in [0.15, 0.2) is 33.6 Å². The molecule has 1 aromatic carbocycles. The Hall–Kier alpha value is -2.78. The predicted molar refractivity (Wildman–Crippen MR) is 80.8 cm³/mol. The highest BCUT2D eigenvalue weighted by Gasteiger charge is 2.32. The molecule has 6 nitrogen and oxygen atoms in total. The summed E-state index contributed by atoms with van der Waals surface area (Å²) >= 11 is 0. The van der Waals surface area contributed by atoms with Gasteiger partial charge < -0.3 is 14.5 Å². The number of nitrogens with zero attached hydrogens (tertiary/aromatic N) is 2. The molecule has 2 heterocycles. The van der Waals surface area contributed by atoms with Gasteiger partial charge >= 0.3 is 12.3 Å². The fourth-order valence-corrected chi connectivity index (χ4v) is 2.92. The van der Waals surface area contributed by atoms with Crippen molar-refractivity contribution in [1.29, 1.82) is 0 Å². The zero-order valence-corrected chi connectivity index (χ0v) is 13.3. The lowest BCUT2D eigenvalue weighted by molar-refractivity contribution is -0.137. The number of likely N-dealkylation sites (tertiary alicyclic amines) is 1. The molecule has 140 valence electrons. The van der Waals surface area contributed by atoms with E-state index in [1.807, 2.05) is 0 Å². The molecule has 10 heteroatoms. The Morgan fingerprint density at radius 2 is 1.85 bits per heavy atom. The molecule has 2 aromatic rings. The molecule has 1 N–H and O–H groups in total. The normalized spacial score (nSPS) is 16.1. The van der Waals surface area contributed by atoms with Crippen molar-refractivity contribution in [2.75, 3.05) is 13.1 Å². The van der Waals surface area contributed by atoms with Crippen molar-refractivity contribution in [3.8, 4) is 5.69 Å². The van der Waals surface area contributed by atoms with Crippen molar-refractivity contribution in [3.05, 3.63) is 51.8 Å². The number of rotatable bonds is 2. The summed E-state index contributed by atoms with van der Waals surface area (Å²) in [5, 5.41) is 8.93. The number of amides is 1. The number of hydrogen-bond acceptors (Lipinski definition) is 3. The highest BCUT2D eigenvalue weighted by Crippen LogP contribution is 2.32. The molecule has 26 heavy (non-hydrogen) atoms. The molecule has 0 radical (unpaired) electrons. The Kier molecular flexibility index (Phi) is 4.51. The Morgan fingerprint density at radius 1 is 1.19 bits per heavy atom. The fourth-order valence-electron chi connectivity index (χ4n) is 2.92. The number of piperidine rings is 1. The third-order valence-electron chi connectivity index (χ3n) is 4.32. The maximum Gasteiger partial charge on any atom is 0.416 e. The summed E-state index contributed by atoms with van der Waals surface area (Å²) in [6, 6.07) is 2.95. The zero-order chi connectivity index (χ0) is 19.1. The summed E-state index contributed by atoms with van der Waals surface area (Å²) in [4.78, 5) is 24.2. The van der Waals surface area contributed by atoms with Crippen molar-refractivity contribution >= 4 is 6.09 Å². The Bertz CT molecular complexity index is 879.